The molecule has 1 saturated heterocycles. The third-order valence-electron chi connectivity index (χ3n) is 4.27. The molecular weight excluding hydrogens is 342 g/mol. The van der Waals surface area contributed by atoms with E-state index in [-0.39, 0.29) is 0 Å². The van der Waals surface area contributed by atoms with E-state index in [4.69, 9.17) is 15.2 Å². The first-order valence-electron chi connectivity index (χ1n) is 8.83. The summed E-state index contributed by atoms with van der Waals surface area (Å²) in [5.74, 6) is 2.88. The van der Waals surface area contributed by atoms with Gasteiger partial charge in [0.15, 0.2) is 11.6 Å². The second kappa shape index (κ2) is 7.92. The number of para-hydroxylation sites is 1. The maximum Gasteiger partial charge on any atom is 0.159 e. The molecule has 7 nitrogen and oxygen atoms in total. The average molecular weight is 363 g/mol. The molecule has 3 N–H and O–H groups in total. The van der Waals surface area contributed by atoms with E-state index in [1.165, 1.54) is 6.33 Å². The minimum atomic E-state index is 0.531. The Morgan fingerprint density at radius 2 is 1.63 bits per heavy atom. The van der Waals surface area contributed by atoms with Gasteiger partial charge in [0.05, 0.1) is 13.2 Å². The lowest BCUT2D eigenvalue weighted by molar-refractivity contribution is 0.122. The number of nitrogen functional groups attached to an aromatic ring is 1. The second-order valence-electron chi connectivity index (χ2n) is 6.12. The van der Waals surface area contributed by atoms with E-state index in [9.17, 15) is 0 Å². The highest BCUT2D eigenvalue weighted by molar-refractivity contribution is 5.78. The zero-order valence-electron chi connectivity index (χ0n) is 14.8. The standard InChI is InChI=1S/C20H21N5O2/c21-18-19(22-14-23-20(18)25-10-12-26-13-11-25)24-15-6-8-17(9-7-15)27-16-4-2-1-3-5-16/h1-9,14H,10-13,21H2,(H,22,23,24). The molecule has 0 radical (unpaired) electrons. The fourth-order valence-corrected chi connectivity index (χ4v) is 2.88. The van der Waals surface area contributed by atoms with Crippen LogP contribution in [0.2, 0.25) is 0 Å². The van der Waals surface area contributed by atoms with Crippen molar-refractivity contribution in [1.29, 1.82) is 0 Å². The lowest BCUT2D eigenvalue weighted by Gasteiger charge is -2.28. The van der Waals surface area contributed by atoms with Gasteiger partial charge in [-0.3, -0.25) is 0 Å². The van der Waals surface area contributed by atoms with Gasteiger partial charge in [-0.05, 0) is 36.4 Å². The summed E-state index contributed by atoms with van der Waals surface area (Å²) in [6.07, 6.45) is 1.52. The van der Waals surface area contributed by atoms with Crippen LogP contribution in [-0.2, 0) is 4.74 Å². The molecule has 7 heteroatoms. The molecule has 1 aliphatic rings. The first-order chi connectivity index (χ1) is 13.3. The topological polar surface area (TPSA) is 85.5 Å². The molecule has 1 aromatic heterocycles. The minimum absolute atomic E-state index is 0.531. The lowest BCUT2D eigenvalue weighted by Crippen LogP contribution is -2.37. The van der Waals surface area contributed by atoms with Crippen LogP contribution in [0, 0.1) is 0 Å². The monoisotopic (exact) mass is 363 g/mol. The number of nitrogens with one attached hydrogen (secondary N) is 1. The van der Waals surface area contributed by atoms with E-state index >= 15 is 0 Å². The molecule has 0 atom stereocenters. The van der Waals surface area contributed by atoms with Crippen molar-refractivity contribution in [2.45, 2.75) is 0 Å². The first kappa shape index (κ1) is 17.1. The first-order valence-corrected chi connectivity index (χ1v) is 8.83. The average Bonchev–Trinajstić information content (AvgIpc) is 2.72. The van der Waals surface area contributed by atoms with Crippen LogP contribution in [0.4, 0.5) is 23.0 Å². The normalized spacial score (nSPS) is 14.0. The van der Waals surface area contributed by atoms with E-state index in [2.05, 4.69) is 20.2 Å². The lowest BCUT2D eigenvalue weighted by atomic mass is 10.3. The summed E-state index contributed by atoms with van der Waals surface area (Å²) in [5.41, 5.74) is 7.70. The predicted molar refractivity (Wildman–Crippen MR) is 106 cm³/mol. The summed E-state index contributed by atoms with van der Waals surface area (Å²) in [4.78, 5) is 10.7. The van der Waals surface area contributed by atoms with Gasteiger partial charge in [-0.15, -0.1) is 0 Å². The molecule has 0 unspecified atom stereocenters. The molecule has 4 rings (SSSR count). The fraction of sp³-hybridized carbons (Fsp3) is 0.200. The summed E-state index contributed by atoms with van der Waals surface area (Å²) in [5, 5.41) is 3.25. The Kier molecular flexibility index (Phi) is 5.02. The summed E-state index contributed by atoms with van der Waals surface area (Å²) < 4.78 is 11.2. The number of anilines is 4. The third-order valence-corrected chi connectivity index (χ3v) is 4.27. The van der Waals surface area contributed by atoms with Crippen molar-refractivity contribution in [3.63, 3.8) is 0 Å². The number of benzene rings is 2. The largest absolute Gasteiger partial charge is 0.457 e. The highest BCUT2D eigenvalue weighted by Crippen LogP contribution is 2.30. The number of hydrogen-bond acceptors (Lipinski definition) is 7. The molecule has 3 aromatic rings. The molecule has 2 aromatic carbocycles. The van der Waals surface area contributed by atoms with E-state index in [0.717, 1.165) is 36.1 Å². The maximum atomic E-state index is 6.30. The van der Waals surface area contributed by atoms with E-state index in [0.29, 0.717) is 24.7 Å². The van der Waals surface area contributed by atoms with Gasteiger partial charge in [0.1, 0.15) is 23.5 Å². The number of aromatic nitrogens is 2. The molecule has 0 bridgehead atoms. The van der Waals surface area contributed by atoms with Crippen LogP contribution in [0.25, 0.3) is 0 Å². The molecule has 138 valence electrons. The summed E-state index contributed by atoms with van der Waals surface area (Å²) >= 11 is 0. The molecule has 1 aliphatic heterocycles. The van der Waals surface area contributed by atoms with Crippen LogP contribution < -0.4 is 20.7 Å². The predicted octanol–water partition coefficient (Wildman–Crippen LogP) is 3.43. The number of ether oxygens (including phenoxy) is 2. The fourth-order valence-electron chi connectivity index (χ4n) is 2.88. The SMILES string of the molecule is Nc1c(Nc2ccc(Oc3ccccc3)cc2)ncnc1N1CCOCC1. The second-order valence-corrected chi connectivity index (χ2v) is 6.12. The zero-order chi connectivity index (χ0) is 18.5. The maximum absolute atomic E-state index is 6.30. The zero-order valence-corrected chi connectivity index (χ0v) is 14.8. The molecule has 0 spiro atoms. The molecule has 1 fully saturated rings. The van der Waals surface area contributed by atoms with Crippen molar-refractivity contribution < 1.29 is 9.47 Å². The summed E-state index contributed by atoms with van der Waals surface area (Å²) in [6, 6.07) is 17.3. The Labute approximate surface area is 157 Å². The molecular formula is C20H21N5O2. The van der Waals surface area contributed by atoms with Crippen LogP contribution in [0.3, 0.4) is 0 Å². The van der Waals surface area contributed by atoms with Crippen LogP contribution in [-0.4, -0.2) is 36.3 Å². The smallest absolute Gasteiger partial charge is 0.159 e. The highest BCUT2D eigenvalue weighted by Gasteiger charge is 2.17. The highest BCUT2D eigenvalue weighted by atomic mass is 16.5. The van der Waals surface area contributed by atoms with Gasteiger partial charge in [-0.1, -0.05) is 18.2 Å². The van der Waals surface area contributed by atoms with Crippen molar-refractivity contribution in [3.8, 4) is 11.5 Å². The van der Waals surface area contributed by atoms with Crippen molar-refractivity contribution in [2.24, 2.45) is 0 Å². The Hall–Kier alpha value is -3.32. The number of rotatable bonds is 5. The van der Waals surface area contributed by atoms with Crippen molar-refractivity contribution in [1.82, 2.24) is 9.97 Å². The number of nitrogens with two attached hydrogens (primary N) is 1. The Morgan fingerprint density at radius 3 is 2.37 bits per heavy atom. The Balaban J connectivity index is 1.47. The van der Waals surface area contributed by atoms with Crippen molar-refractivity contribution in [2.75, 3.05) is 42.3 Å². The third kappa shape index (κ3) is 4.09. The Morgan fingerprint density at radius 1 is 0.926 bits per heavy atom. The van der Waals surface area contributed by atoms with Gasteiger partial charge in [-0.25, -0.2) is 9.97 Å². The van der Waals surface area contributed by atoms with Crippen molar-refractivity contribution in [3.05, 3.63) is 60.9 Å². The van der Waals surface area contributed by atoms with Gasteiger partial charge in [0.25, 0.3) is 0 Å². The van der Waals surface area contributed by atoms with Gasteiger partial charge in [0, 0.05) is 18.8 Å². The minimum Gasteiger partial charge on any atom is -0.457 e. The van der Waals surface area contributed by atoms with Crippen LogP contribution in [0.5, 0.6) is 11.5 Å². The molecule has 0 saturated carbocycles. The van der Waals surface area contributed by atoms with E-state index < -0.39 is 0 Å². The number of hydrogen-bond donors (Lipinski definition) is 2. The van der Waals surface area contributed by atoms with E-state index in [1.807, 2.05) is 54.6 Å². The Bertz CT molecular complexity index is 881. The molecule has 27 heavy (non-hydrogen) atoms. The van der Waals surface area contributed by atoms with Crippen molar-refractivity contribution >= 4 is 23.0 Å². The summed E-state index contributed by atoms with van der Waals surface area (Å²) in [6.45, 7) is 2.89. The molecule has 2 heterocycles. The summed E-state index contributed by atoms with van der Waals surface area (Å²) in [7, 11) is 0. The van der Waals surface area contributed by atoms with Gasteiger partial charge >= 0.3 is 0 Å². The van der Waals surface area contributed by atoms with Gasteiger partial charge < -0.3 is 25.4 Å². The number of morpholine rings is 1. The quantitative estimate of drug-likeness (QED) is 0.718. The molecule has 0 amide bonds. The van der Waals surface area contributed by atoms with Crippen LogP contribution in [0.1, 0.15) is 0 Å². The number of nitrogens with zero attached hydrogens (tertiary/aromatic N) is 3. The van der Waals surface area contributed by atoms with Gasteiger partial charge in [-0.2, -0.15) is 0 Å². The van der Waals surface area contributed by atoms with Gasteiger partial charge in [0.2, 0.25) is 0 Å². The van der Waals surface area contributed by atoms with E-state index in [1.54, 1.807) is 0 Å². The van der Waals surface area contributed by atoms with Crippen LogP contribution in [0.15, 0.2) is 60.9 Å². The molecule has 0 aliphatic carbocycles. The van der Waals surface area contributed by atoms with Crippen LogP contribution >= 0.6 is 0 Å².